The minimum Gasteiger partial charge on any atom is -0.385 e. The van der Waals surface area contributed by atoms with E-state index in [9.17, 15) is 18.3 Å². The number of pyridine rings is 1. The number of aromatic nitrogens is 5. The molecule has 0 spiro atoms. The highest BCUT2D eigenvalue weighted by molar-refractivity contribution is 5.57. The van der Waals surface area contributed by atoms with Crippen molar-refractivity contribution in [1.29, 1.82) is 0 Å². The number of piperidine rings is 1. The van der Waals surface area contributed by atoms with Gasteiger partial charge in [-0.2, -0.15) is 13.2 Å². The summed E-state index contributed by atoms with van der Waals surface area (Å²) >= 11 is 0. The predicted molar refractivity (Wildman–Crippen MR) is 98.7 cm³/mol. The minimum atomic E-state index is -4.58. The lowest BCUT2D eigenvalue weighted by Crippen LogP contribution is -2.36. The van der Waals surface area contributed by atoms with Crippen LogP contribution in [0.3, 0.4) is 0 Å². The van der Waals surface area contributed by atoms with E-state index < -0.39 is 18.0 Å². The molecule has 2 N–H and O–H groups in total. The van der Waals surface area contributed by atoms with E-state index in [1.54, 1.807) is 29.4 Å². The number of anilines is 1. The summed E-state index contributed by atoms with van der Waals surface area (Å²) in [5.74, 6) is 0.714. The van der Waals surface area contributed by atoms with Gasteiger partial charge in [0.2, 0.25) is 0 Å². The van der Waals surface area contributed by atoms with E-state index in [1.807, 2.05) is 0 Å². The Morgan fingerprint density at radius 3 is 2.45 bits per heavy atom. The Labute approximate surface area is 164 Å². The van der Waals surface area contributed by atoms with Gasteiger partial charge in [0.25, 0.3) is 0 Å². The van der Waals surface area contributed by atoms with E-state index in [2.05, 4.69) is 24.9 Å². The molecule has 1 unspecified atom stereocenters. The molecule has 1 aliphatic heterocycles. The van der Waals surface area contributed by atoms with Gasteiger partial charge in [-0.15, -0.1) is 0 Å². The number of alkyl halides is 3. The molecule has 3 aromatic heterocycles. The van der Waals surface area contributed by atoms with Crippen LogP contribution in [0.2, 0.25) is 0 Å². The highest BCUT2D eigenvalue weighted by Crippen LogP contribution is 2.34. The van der Waals surface area contributed by atoms with Crippen molar-refractivity contribution in [3.05, 3.63) is 54.5 Å². The number of aliphatic hydroxyl groups excluding tert-OH is 1. The molecule has 4 heterocycles. The first kappa shape index (κ1) is 19.3. The molecular weight excluding hydrogens is 385 g/mol. The predicted octanol–water partition coefficient (Wildman–Crippen LogP) is 3.23. The molecule has 1 aliphatic rings. The van der Waals surface area contributed by atoms with Crippen LogP contribution in [0.25, 0.3) is 11.4 Å². The molecule has 1 saturated heterocycles. The Balaban J connectivity index is 1.57. The first-order valence-corrected chi connectivity index (χ1v) is 9.21. The van der Waals surface area contributed by atoms with Crippen molar-refractivity contribution in [2.75, 3.05) is 18.0 Å². The van der Waals surface area contributed by atoms with Crippen LogP contribution < -0.4 is 4.90 Å². The van der Waals surface area contributed by atoms with Gasteiger partial charge in [-0.25, -0.2) is 15.0 Å². The highest BCUT2D eigenvalue weighted by Gasteiger charge is 2.35. The van der Waals surface area contributed by atoms with Crippen LogP contribution in [0.1, 0.15) is 30.5 Å². The van der Waals surface area contributed by atoms with Crippen molar-refractivity contribution in [3.63, 3.8) is 0 Å². The number of halogens is 3. The van der Waals surface area contributed by atoms with E-state index in [-0.39, 0.29) is 17.6 Å². The van der Waals surface area contributed by atoms with Gasteiger partial charge >= 0.3 is 6.18 Å². The zero-order chi connectivity index (χ0) is 20.4. The normalized spacial score (nSPS) is 16.8. The van der Waals surface area contributed by atoms with Crippen molar-refractivity contribution in [2.45, 2.75) is 25.1 Å². The maximum atomic E-state index is 13.4. The Hall–Kier alpha value is -3.01. The maximum Gasteiger partial charge on any atom is 0.433 e. The third-order valence-electron chi connectivity index (χ3n) is 5.05. The molecule has 7 nitrogen and oxygen atoms in total. The Morgan fingerprint density at radius 1 is 1.10 bits per heavy atom. The van der Waals surface area contributed by atoms with Gasteiger partial charge in [0.05, 0.1) is 0 Å². The number of hydrogen-bond acceptors (Lipinski definition) is 6. The molecule has 0 saturated carbocycles. The summed E-state index contributed by atoms with van der Waals surface area (Å²) in [6.07, 6.45) is 2.11. The van der Waals surface area contributed by atoms with Crippen LogP contribution in [0.15, 0.2) is 43.0 Å². The van der Waals surface area contributed by atoms with Crippen molar-refractivity contribution in [2.24, 2.45) is 5.92 Å². The summed E-state index contributed by atoms with van der Waals surface area (Å²) in [6.45, 7) is 0.957. The summed E-state index contributed by atoms with van der Waals surface area (Å²) in [6, 6.07) is 4.13. The summed E-state index contributed by atoms with van der Waals surface area (Å²) in [5.41, 5.74) is -0.512. The second-order valence-corrected chi connectivity index (χ2v) is 6.91. The number of H-pyrrole nitrogens is 1. The summed E-state index contributed by atoms with van der Waals surface area (Å²) < 4.78 is 40.2. The zero-order valence-corrected chi connectivity index (χ0v) is 15.3. The van der Waals surface area contributed by atoms with E-state index in [0.717, 1.165) is 6.07 Å². The van der Waals surface area contributed by atoms with Gasteiger partial charge in [0, 0.05) is 49.5 Å². The van der Waals surface area contributed by atoms with Crippen molar-refractivity contribution < 1.29 is 18.3 Å². The van der Waals surface area contributed by atoms with Crippen molar-refractivity contribution in [1.82, 2.24) is 24.9 Å². The molecular formula is C19H19F3N6O. The third kappa shape index (κ3) is 4.21. The molecule has 1 atom stereocenters. The molecule has 0 bridgehead atoms. The summed E-state index contributed by atoms with van der Waals surface area (Å²) in [5, 5.41) is 10.4. The number of aliphatic hydroxyl groups is 1. The topological polar surface area (TPSA) is 90.8 Å². The van der Waals surface area contributed by atoms with E-state index in [4.69, 9.17) is 0 Å². The molecule has 0 aliphatic carbocycles. The third-order valence-corrected chi connectivity index (χ3v) is 5.05. The van der Waals surface area contributed by atoms with Gasteiger partial charge in [-0.1, -0.05) is 0 Å². The SMILES string of the molecule is OC(c1ncc[nH]1)C1CCN(c2cc(C(F)(F)F)nc(-c3ccncc3)n2)CC1. The maximum absolute atomic E-state index is 13.4. The molecule has 3 aromatic rings. The lowest BCUT2D eigenvalue weighted by molar-refractivity contribution is -0.141. The van der Waals surface area contributed by atoms with Crippen LogP contribution in [-0.2, 0) is 6.18 Å². The lowest BCUT2D eigenvalue weighted by Gasteiger charge is -2.34. The largest absolute Gasteiger partial charge is 0.433 e. The first-order valence-electron chi connectivity index (χ1n) is 9.21. The second-order valence-electron chi connectivity index (χ2n) is 6.91. The number of rotatable bonds is 4. The molecule has 4 rings (SSSR count). The van der Waals surface area contributed by atoms with Gasteiger partial charge in [0.15, 0.2) is 11.5 Å². The lowest BCUT2D eigenvalue weighted by atomic mass is 9.91. The zero-order valence-electron chi connectivity index (χ0n) is 15.3. The second kappa shape index (κ2) is 7.78. The fraction of sp³-hybridized carbons (Fsp3) is 0.368. The van der Waals surface area contributed by atoms with Gasteiger partial charge < -0.3 is 15.0 Å². The standard InChI is InChI=1S/C19H19F3N6O/c20-19(21,22)14-11-15(27-17(26-14)13-1-5-23-6-2-13)28-9-3-12(4-10-28)16(29)18-24-7-8-25-18/h1-2,5-8,11-12,16,29H,3-4,9-10H2,(H,24,25). The van der Waals surface area contributed by atoms with Crippen LogP contribution in [0.4, 0.5) is 19.0 Å². The Kier molecular flexibility index (Phi) is 5.18. The monoisotopic (exact) mass is 404 g/mol. The number of hydrogen-bond donors (Lipinski definition) is 2. The van der Waals surface area contributed by atoms with E-state index >= 15 is 0 Å². The average Bonchev–Trinajstić information content (AvgIpc) is 3.28. The molecule has 1 fully saturated rings. The van der Waals surface area contributed by atoms with Crippen molar-refractivity contribution >= 4 is 5.82 Å². The van der Waals surface area contributed by atoms with E-state index in [1.165, 1.54) is 12.4 Å². The Morgan fingerprint density at radius 2 is 1.83 bits per heavy atom. The minimum absolute atomic E-state index is 0.00923. The molecule has 10 heteroatoms. The molecule has 0 aromatic carbocycles. The fourth-order valence-corrected chi connectivity index (χ4v) is 3.48. The quantitative estimate of drug-likeness (QED) is 0.694. The van der Waals surface area contributed by atoms with Crippen LogP contribution in [-0.4, -0.2) is 43.1 Å². The van der Waals surface area contributed by atoms with Crippen LogP contribution in [0.5, 0.6) is 0 Å². The van der Waals surface area contributed by atoms with Crippen LogP contribution >= 0.6 is 0 Å². The van der Waals surface area contributed by atoms with Crippen LogP contribution in [0, 0.1) is 5.92 Å². The van der Waals surface area contributed by atoms with E-state index in [0.29, 0.717) is 37.3 Å². The number of nitrogens with zero attached hydrogens (tertiary/aromatic N) is 5. The number of aromatic amines is 1. The first-order chi connectivity index (χ1) is 13.9. The number of imidazole rings is 1. The molecule has 29 heavy (non-hydrogen) atoms. The smallest absolute Gasteiger partial charge is 0.385 e. The number of nitrogens with one attached hydrogen (secondary N) is 1. The Bertz CT molecular complexity index is 940. The molecule has 152 valence electrons. The van der Waals surface area contributed by atoms with Gasteiger partial charge in [0.1, 0.15) is 17.7 Å². The molecule has 0 radical (unpaired) electrons. The summed E-state index contributed by atoms with van der Waals surface area (Å²) in [4.78, 5) is 20.7. The fourth-order valence-electron chi connectivity index (χ4n) is 3.48. The average molecular weight is 404 g/mol. The van der Waals surface area contributed by atoms with Gasteiger partial charge in [-0.05, 0) is 30.9 Å². The van der Waals surface area contributed by atoms with Gasteiger partial charge in [-0.3, -0.25) is 4.98 Å². The molecule has 0 amide bonds. The van der Waals surface area contributed by atoms with Crippen molar-refractivity contribution in [3.8, 4) is 11.4 Å². The summed E-state index contributed by atoms with van der Waals surface area (Å²) in [7, 11) is 0. The highest BCUT2D eigenvalue weighted by atomic mass is 19.4.